The smallest absolute Gasteiger partial charge is 0.239 e. The Labute approximate surface area is 111 Å². The summed E-state index contributed by atoms with van der Waals surface area (Å²) in [6.07, 6.45) is 0. The quantitative estimate of drug-likeness (QED) is 0.825. The van der Waals surface area contributed by atoms with Crippen molar-refractivity contribution in [2.45, 2.75) is 19.9 Å². The maximum atomic E-state index is 11.7. The first kappa shape index (κ1) is 13.1. The van der Waals surface area contributed by atoms with Crippen LogP contribution in [0.1, 0.15) is 24.2 Å². The Morgan fingerprint density at radius 2 is 1.84 bits per heavy atom. The fraction of sp³-hybridized carbons (Fsp3) is 0.200. The van der Waals surface area contributed by atoms with Gasteiger partial charge in [-0.15, -0.1) is 0 Å². The van der Waals surface area contributed by atoms with Gasteiger partial charge in [-0.2, -0.15) is 0 Å². The van der Waals surface area contributed by atoms with Crippen molar-refractivity contribution in [1.82, 2.24) is 0 Å². The predicted octanol–water partition coefficient (Wildman–Crippen LogP) is 2.33. The third-order valence-corrected chi connectivity index (χ3v) is 3.10. The number of hydrogen-bond donors (Lipinski definition) is 2. The molecule has 3 N–H and O–H groups in total. The largest absolute Gasteiger partial charge is 0.373 e. The predicted molar refractivity (Wildman–Crippen MR) is 76.2 cm³/mol. The molecule has 0 spiro atoms. The summed E-state index contributed by atoms with van der Waals surface area (Å²) < 4.78 is 0. The van der Waals surface area contributed by atoms with Crippen molar-refractivity contribution in [3.63, 3.8) is 0 Å². The fourth-order valence-electron chi connectivity index (χ4n) is 2.01. The van der Waals surface area contributed by atoms with E-state index in [1.165, 1.54) is 6.92 Å². The highest BCUT2D eigenvalue weighted by atomic mass is 16.1. The molecule has 0 heterocycles. The molecule has 2 aromatic carbocycles. The van der Waals surface area contributed by atoms with E-state index in [1.807, 2.05) is 30.3 Å². The molecule has 0 aliphatic heterocycles. The average molecular weight is 256 g/mol. The van der Waals surface area contributed by atoms with Crippen LogP contribution < -0.4 is 11.1 Å². The number of nitrogens with one attached hydrogen (secondary N) is 1. The van der Waals surface area contributed by atoms with Gasteiger partial charge in [0, 0.05) is 10.9 Å². The van der Waals surface area contributed by atoms with Crippen molar-refractivity contribution < 1.29 is 9.59 Å². The Bertz CT molecular complexity index is 650. The molecule has 1 unspecified atom stereocenters. The zero-order valence-corrected chi connectivity index (χ0v) is 10.9. The molecule has 2 aromatic rings. The summed E-state index contributed by atoms with van der Waals surface area (Å²) in [5.41, 5.74) is 6.49. The molecule has 0 bridgehead atoms. The maximum Gasteiger partial charge on any atom is 0.239 e. The number of hydrogen-bond acceptors (Lipinski definition) is 3. The Morgan fingerprint density at radius 3 is 2.47 bits per heavy atom. The number of primary amides is 1. The number of anilines is 1. The molecule has 0 aliphatic carbocycles. The number of amides is 1. The van der Waals surface area contributed by atoms with Gasteiger partial charge in [-0.25, -0.2) is 0 Å². The third-order valence-electron chi connectivity index (χ3n) is 3.10. The van der Waals surface area contributed by atoms with Crippen LogP contribution in [0.2, 0.25) is 0 Å². The van der Waals surface area contributed by atoms with Gasteiger partial charge in [0.1, 0.15) is 6.04 Å². The topological polar surface area (TPSA) is 72.2 Å². The van der Waals surface area contributed by atoms with Crippen molar-refractivity contribution in [1.29, 1.82) is 0 Å². The lowest BCUT2D eigenvalue weighted by Gasteiger charge is -2.17. The van der Waals surface area contributed by atoms with Crippen molar-refractivity contribution in [2.24, 2.45) is 5.73 Å². The summed E-state index contributed by atoms with van der Waals surface area (Å²) in [5, 5.41) is 4.95. The second kappa shape index (κ2) is 5.10. The molecular weight excluding hydrogens is 240 g/mol. The minimum atomic E-state index is -0.538. The molecule has 0 aromatic heterocycles. The van der Waals surface area contributed by atoms with E-state index in [2.05, 4.69) is 5.32 Å². The number of fused-ring (bicyclic) bond motifs is 1. The van der Waals surface area contributed by atoms with Crippen LogP contribution in [0.15, 0.2) is 36.4 Å². The summed E-state index contributed by atoms with van der Waals surface area (Å²) in [4.78, 5) is 22.9. The number of nitrogens with two attached hydrogens (primary N) is 1. The Kier molecular flexibility index (Phi) is 3.51. The molecule has 0 radical (unpaired) electrons. The van der Waals surface area contributed by atoms with Gasteiger partial charge >= 0.3 is 0 Å². The number of carbonyl (C=O) groups is 2. The van der Waals surface area contributed by atoms with E-state index in [1.54, 1.807) is 13.0 Å². The monoisotopic (exact) mass is 256 g/mol. The van der Waals surface area contributed by atoms with Gasteiger partial charge in [0.2, 0.25) is 5.91 Å². The molecule has 19 heavy (non-hydrogen) atoms. The number of carbonyl (C=O) groups excluding carboxylic acids is 2. The first-order valence-corrected chi connectivity index (χ1v) is 6.09. The van der Waals surface area contributed by atoms with Crippen LogP contribution in [0.25, 0.3) is 10.8 Å². The van der Waals surface area contributed by atoms with E-state index in [4.69, 9.17) is 5.73 Å². The Hall–Kier alpha value is -2.36. The summed E-state index contributed by atoms with van der Waals surface area (Å²) in [5.74, 6) is -0.507. The molecule has 0 saturated heterocycles. The molecule has 0 fully saturated rings. The molecule has 0 saturated carbocycles. The number of rotatable bonds is 4. The van der Waals surface area contributed by atoms with Gasteiger partial charge in [0.15, 0.2) is 5.78 Å². The van der Waals surface area contributed by atoms with Crippen molar-refractivity contribution in [3.8, 4) is 0 Å². The standard InChI is InChI=1S/C15H16N2O2/c1-9(15(16)19)17-14-12(10(2)18)8-7-11-5-3-4-6-13(11)14/h3-9,17H,1-2H3,(H2,16,19). The lowest BCUT2D eigenvalue weighted by molar-refractivity contribution is -0.118. The van der Waals surface area contributed by atoms with Gasteiger partial charge in [-0.05, 0) is 25.3 Å². The lowest BCUT2D eigenvalue weighted by Crippen LogP contribution is -2.33. The maximum absolute atomic E-state index is 11.7. The number of benzene rings is 2. The van der Waals surface area contributed by atoms with Crippen molar-refractivity contribution in [3.05, 3.63) is 42.0 Å². The summed E-state index contributed by atoms with van der Waals surface area (Å²) in [6, 6.07) is 10.8. The fourth-order valence-corrected chi connectivity index (χ4v) is 2.01. The van der Waals surface area contributed by atoms with Crippen LogP contribution in [0.4, 0.5) is 5.69 Å². The molecule has 4 heteroatoms. The van der Waals surface area contributed by atoms with E-state index >= 15 is 0 Å². The molecule has 1 amide bonds. The average Bonchev–Trinajstić information content (AvgIpc) is 2.38. The van der Waals surface area contributed by atoms with E-state index in [0.717, 1.165) is 10.8 Å². The van der Waals surface area contributed by atoms with Gasteiger partial charge in [0.25, 0.3) is 0 Å². The molecule has 0 aliphatic rings. The molecule has 1 atom stereocenters. The third kappa shape index (κ3) is 2.57. The first-order chi connectivity index (χ1) is 9.00. The SMILES string of the molecule is CC(=O)c1ccc2ccccc2c1NC(C)C(N)=O. The lowest BCUT2D eigenvalue weighted by atomic mass is 10.0. The van der Waals surface area contributed by atoms with E-state index in [9.17, 15) is 9.59 Å². The summed E-state index contributed by atoms with van der Waals surface area (Å²) in [7, 11) is 0. The number of Topliss-reactive ketones (excluding diaryl/α,β-unsaturated/α-hetero) is 1. The molecule has 4 nitrogen and oxygen atoms in total. The molecule has 98 valence electrons. The van der Waals surface area contributed by atoms with Crippen LogP contribution in [-0.2, 0) is 4.79 Å². The molecular formula is C15H16N2O2. The normalized spacial score (nSPS) is 12.1. The number of ketones is 1. The van der Waals surface area contributed by atoms with Crippen LogP contribution >= 0.6 is 0 Å². The second-order valence-electron chi connectivity index (χ2n) is 4.53. The zero-order chi connectivity index (χ0) is 14.0. The zero-order valence-electron chi connectivity index (χ0n) is 10.9. The van der Waals surface area contributed by atoms with Crippen molar-refractivity contribution in [2.75, 3.05) is 5.32 Å². The van der Waals surface area contributed by atoms with E-state index < -0.39 is 11.9 Å². The minimum absolute atomic E-state index is 0.0510. The van der Waals surface area contributed by atoms with Gasteiger partial charge in [0.05, 0.1) is 5.69 Å². The van der Waals surface area contributed by atoms with E-state index in [0.29, 0.717) is 11.3 Å². The van der Waals surface area contributed by atoms with Gasteiger partial charge < -0.3 is 11.1 Å². The first-order valence-electron chi connectivity index (χ1n) is 6.09. The summed E-state index contributed by atoms with van der Waals surface area (Å²) >= 11 is 0. The highest BCUT2D eigenvalue weighted by Crippen LogP contribution is 2.28. The Balaban J connectivity index is 2.62. The molecule has 2 rings (SSSR count). The van der Waals surface area contributed by atoms with Gasteiger partial charge in [-0.1, -0.05) is 30.3 Å². The van der Waals surface area contributed by atoms with Crippen LogP contribution in [-0.4, -0.2) is 17.7 Å². The highest BCUT2D eigenvalue weighted by molar-refractivity contribution is 6.09. The van der Waals surface area contributed by atoms with Crippen LogP contribution in [0.3, 0.4) is 0 Å². The highest BCUT2D eigenvalue weighted by Gasteiger charge is 2.15. The Morgan fingerprint density at radius 1 is 1.16 bits per heavy atom. The van der Waals surface area contributed by atoms with Gasteiger partial charge in [-0.3, -0.25) is 9.59 Å². The second-order valence-corrected chi connectivity index (χ2v) is 4.53. The van der Waals surface area contributed by atoms with Crippen molar-refractivity contribution >= 4 is 28.2 Å². The minimum Gasteiger partial charge on any atom is -0.373 e. The van der Waals surface area contributed by atoms with E-state index in [-0.39, 0.29) is 5.78 Å². The summed E-state index contributed by atoms with van der Waals surface area (Å²) in [6.45, 7) is 3.18. The van der Waals surface area contributed by atoms with Crippen LogP contribution in [0, 0.1) is 0 Å². The van der Waals surface area contributed by atoms with Crippen LogP contribution in [0.5, 0.6) is 0 Å².